The Morgan fingerprint density at radius 3 is 2.45 bits per heavy atom. The summed E-state index contributed by atoms with van der Waals surface area (Å²) in [6, 6.07) is 3.18. The Bertz CT molecular complexity index is 526. The zero-order chi connectivity index (χ0) is 15.5. The number of nitrogens with one attached hydrogen (secondary N) is 2. The van der Waals surface area contributed by atoms with Crippen LogP contribution in [0.5, 0.6) is 0 Å². The maximum atomic E-state index is 13.5. The zero-order valence-corrected chi connectivity index (χ0v) is 12.8. The first-order chi connectivity index (χ1) is 9.10. The molecular weight excluding hydrogens is 279 g/mol. The molecular formula is C14H19FN2O2S. The van der Waals surface area contributed by atoms with E-state index in [0.717, 1.165) is 6.07 Å². The zero-order valence-electron chi connectivity index (χ0n) is 12.0. The van der Waals surface area contributed by atoms with Crippen molar-refractivity contribution in [2.45, 2.75) is 44.2 Å². The highest BCUT2D eigenvalue weighted by Gasteiger charge is 2.22. The van der Waals surface area contributed by atoms with Gasteiger partial charge in [0.05, 0.1) is 5.56 Å². The minimum Gasteiger partial charge on any atom is -0.350 e. The van der Waals surface area contributed by atoms with Gasteiger partial charge in [-0.05, 0) is 45.9 Å². The second-order valence-electron chi connectivity index (χ2n) is 5.60. The fourth-order valence-corrected chi connectivity index (χ4v) is 1.71. The third-order valence-electron chi connectivity index (χ3n) is 2.43. The average molecular weight is 298 g/mol. The summed E-state index contributed by atoms with van der Waals surface area (Å²) in [6.45, 7) is 7.05. The summed E-state index contributed by atoms with van der Waals surface area (Å²) in [6.07, 6.45) is 0. The molecule has 1 rings (SSSR count). The minimum atomic E-state index is -0.760. The van der Waals surface area contributed by atoms with Gasteiger partial charge >= 0.3 is 0 Å². The van der Waals surface area contributed by atoms with Crippen molar-refractivity contribution >= 4 is 24.4 Å². The molecule has 2 amide bonds. The number of carbonyl (C=O) groups excluding carboxylic acids is 2. The molecule has 6 heteroatoms. The Kier molecular flexibility index (Phi) is 5.16. The van der Waals surface area contributed by atoms with Gasteiger partial charge in [0.15, 0.2) is 0 Å². The van der Waals surface area contributed by atoms with Crippen molar-refractivity contribution in [1.82, 2.24) is 10.6 Å². The number of rotatable bonds is 3. The van der Waals surface area contributed by atoms with E-state index in [1.165, 1.54) is 12.1 Å². The number of benzene rings is 1. The van der Waals surface area contributed by atoms with E-state index in [-0.39, 0.29) is 11.5 Å². The molecule has 0 aromatic heterocycles. The van der Waals surface area contributed by atoms with Crippen LogP contribution in [0.15, 0.2) is 23.1 Å². The predicted molar refractivity (Wildman–Crippen MR) is 78.5 cm³/mol. The van der Waals surface area contributed by atoms with Crippen LogP contribution in [0.3, 0.4) is 0 Å². The van der Waals surface area contributed by atoms with Crippen LogP contribution < -0.4 is 10.6 Å². The van der Waals surface area contributed by atoms with E-state index < -0.39 is 23.3 Å². The normalized spacial score (nSPS) is 12.7. The lowest BCUT2D eigenvalue weighted by atomic mass is 10.1. The highest BCUT2D eigenvalue weighted by atomic mass is 32.1. The summed E-state index contributed by atoms with van der Waals surface area (Å²) >= 11 is 4.06. The van der Waals surface area contributed by atoms with Crippen molar-refractivity contribution in [3.63, 3.8) is 0 Å². The third kappa shape index (κ3) is 4.85. The second kappa shape index (κ2) is 6.26. The van der Waals surface area contributed by atoms with Gasteiger partial charge in [0, 0.05) is 10.4 Å². The maximum Gasteiger partial charge on any atom is 0.254 e. The molecule has 0 saturated heterocycles. The summed E-state index contributed by atoms with van der Waals surface area (Å²) in [4.78, 5) is 24.3. The second-order valence-corrected chi connectivity index (χ2v) is 6.11. The predicted octanol–water partition coefficient (Wildman–Crippen LogP) is 2.15. The first kappa shape index (κ1) is 16.5. The number of thiol groups is 1. The highest BCUT2D eigenvalue weighted by Crippen LogP contribution is 2.13. The molecule has 1 aromatic carbocycles. The van der Waals surface area contributed by atoms with Gasteiger partial charge in [0.25, 0.3) is 5.91 Å². The lowest BCUT2D eigenvalue weighted by molar-refractivity contribution is -0.124. The molecule has 0 fully saturated rings. The van der Waals surface area contributed by atoms with E-state index in [2.05, 4.69) is 23.3 Å². The summed E-state index contributed by atoms with van der Waals surface area (Å²) < 4.78 is 13.5. The quantitative estimate of drug-likeness (QED) is 0.749. The molecule has 0 aliphatic heterocycles. The molecule has 1 unspecified atom stereocenters. The Labute approximate surface area is 123 Å². The largest absolute Gasteiger partial charge is 0.350 e. The number of hydrogen-bond acceptors (Lipinski definition) is 3. The van der Waals surface area contributed by atoms with Crippen LogP contribution in [0.4, 0.5) is 4.39 Å². The molecule has 0 heterocycles. The van der Waals surface area contributed by atoms with Crippen LogP contribution in [-0.4, -0.2) is 23.4 Å². The third-order valence-corrected chi connectivity index (χ3v) is 2.71. The van der Waals surface area contributed by atoms with Gasteiger partial charge in [0.1, 0.15) is 11.9 Å². The van der Waals surface area contributed by atoms with E-state index in [1.807, 2.05) is 20.8 Å². The van der Waals surface area contributed by atoms with Crippen LogP contribution in [0, 0.1) is 5.82 Å². The van der Waals surface area contributed by atoms with E-state index in [0.29, 0.717) is 4.90 Å². The van der Waals surface area contributed by atoms with Crippen LogP contribution >= 0.6 is 12.6 Å². The summed E-state index contributed by atoms with van der Waals surface area (Å²) in [5.74, 6) is -1.62. The van der Waals surface area contributed by atoms with Crippen LogP contribution in [0.2, 0.25) is 0 Å². The molecule has 20 heavy (non-hydrogen) atoms. The van der Waals surface area contributed by atoms with Crippen molar-refractivity contribution in [2.24, 2.45) is 0 Å². The summed E-state index contributed by atoms with van der Waals surface area (Å²) in [5, 5.41) is 5.20. The number of hydrogen-bond donors (Lipinski definition) is 3. The molecule has 0 radical (unpaired) electrons. The Morgan fingerprint density at radius 2 is 1.90 bits per heavy atom. The van der Waals surface area contributed by atoms with Gasteiger partial charge in [-0.3, -0.25) is 9.59 Å². The monoisotopic (exact) mass is 298 g/mol. The molecule has 0 bridgehead atoms. The number of carbonyl (C=O) groups is 2. The molecule has 0 aliphatic carbocycles. The van der Waals surface area contributed by atoms with Crippen molar-refractivity contribution < 1.29 is 14.0 Å². The number of amides is 2. The Balaban J connectivity index is 2.75. The summed E-state index contributed by atoms with van der Waals surface area (Å²) in [5.41, 5.74) is -0.528. The van der Waals surface area contributed by atoms with E-state index in [1.54, 1.807) is 6.92 Å². The molecule has 0 aliphatic rings. The maximum absolute atomic E-state index is 13.5. The van der Waals surface area contributed by atoms with E-state index >= 15 is 0 Å². The fourth-order valence-electron chi connectivity index (χ4n) is 1.51. The molecule has 0 saturated carbocycles. The average Bonchev–Trinajstić information content (AvgIpc) is 2.29. The van der Waals surface area contributed by atoms with Crippen molar-refractivity contribution in [1.29, 1.82) is 0 Å². The lowest BCUT2D eigenvalue weighted by Crippen LogP contribution is -2.50. The van der Waals surface area contributed by atoms with Crippen LogP contribution in [0.1, 0.15) is 38.1 Å². The fraction of sp³-hybridized carbons (Fsp3) is 0.429. The van der Waals surface area contributed by atoms with Crippen molar-refractivity contribution in [3.8, 4) is 0 Å². The SMILES string of the molecule is CC(NC(=O)c1cc(S)ccc1F)C(=O)NC(C)(C)C. The molecule has 1 aromatic rings. The molecule has 1 atom stereocenters. The highest BCUT2D eigenvalue weighted by molar-refractivity contribution is 7.80. The number of halogens is 1. The van der Waals surface area contributed by atoms with Gasteiger partial charge in [-0.1, -0.05) is 0 Å². The van der Waals surface area contributed by atoms with Crippen molar-refractivity contribution in [2.75, 3.05) is 0 Å². The molecule has 110 valence electrons. The smallest absolute Gasteiger partial charge is 0.254 e. The molecule has 4 nitrogen and oxygen atoms in total. The summed E-state index contributed by atoms with van der Waals surface area (Å²) in [7, 11) is 0. The molecule has 0 spiro atoms. The van der Waals surface area contributed by atoms with Crippen molar-refractivity contribution in [3.05, 3.63) is 29.6 Å². The topological polar surface area (TPSA) is 58.2 Å². The van der Waals surface area contributed by atoms with Crippen LogP contribution in [-0.2, 0) is 4.79 Å². The van der Waals surface area contributed by atoms with Gasteiger partial charge in [-0.25, -0.2) is 4.39 Å². The van der Waals surface area contributed by atoms with Gasteiger partial charge in [-0.2, -0.15) is 0 Å². The lowest BCUT2D eigenvalue weighted by Gasteiger charge is -2.23. The van der Waals surface area contributed by atoms with Gasteiger partial charge in [-0.15, -0.1) is 12.6 Å². The first-order valence-corrected chi connectivity index (χ1v) is 6.66. The minimum absolute atomic E-state index is 0.132. The van der Waals surface area contributed by atoms with Gasteiger partial charge < -0.3 is 10.6 Å². The van der Waals surface area contributed by atoms with E-state index in [9.17, 15) is 14.0 Å². The van der Waals surface area contributed by atoms with Crippen LogP contribution in [0.25, 0.3) is 0 Å². The van der Waals surface area contributed by atoms with E-state index in [4.69, 9.17) is 0 Å². The molecule has 2 N–H and O–H groups in total. The Morgan fingerprint density at radius 1 is 1.30 bits per heavy atom. The Hall–Kier alpha value is -1.56. The van der Waals surface area contributed by atoms with Gasteiger partial charge in [0.2, 0.25) is 5.91 Å². The first-order valence-electron chi connectivity index (χ1n) is 6.21. The standard InChI is InChI=1S/C14H19FN2O2S/c1-8(12(18)17-14(2,3)4)16-13(19)10-7-9(20)5-6-11(10)15/h5-8,20H,1-4H3,(H,16,19)(H,17,18).